The van der Waals surface area contributed by atoms with Crippen molar-refractivity contribution in [2.45, 2.75) is 26.3 Å². The van der Waals surface area contributed by atoms with Gasteiger partial charge in [-0.25, -0.2) is 0 Å². The predicted octanol–water partition coefficient (Wildman–Crippen LogP) is 4.56. The van der Waals surface area contributed by atoms with Crippen LogP contribution in [0.5, 0.6) is 0 Å². The maximum atomic E-state index is 6.29. The van der Waals surface area contributed by atoms with Crippen LogP contribution in [0, 0.1) is 6.92 Å². The van der Waals surface area contributed by atoms with E-state index in [4.69, 9.17) is 17.3 Å². The second-order valence-electron chi connectivity index (χ2n) is 5.37. The molecule has 0 heterocycles. The lowest BCUT2D eigenvalue weighted by Gasteiger charge is -2.25. The molecule has 1 atom stereocenters. The number of aryl methyl sites for hydroxylation is 1. The van der Waals surface area contributed by atoms with Gasteiger partial charge in [0.2, 0.25) is 0 Å². The molecule has 2 rings (SSSR count). The van der Waals surface area contributed by atoms with Crippen molar-refractivity contribution >= 4 is 17.3 Å². The predicted molar refractivity (Wildman–Crippen MR) is 92.1 cm³/mol. The minimum absolute atomic E-state index is 0.0163. The highest BCUT2D eigenvalue weighted by molar-refractivity contribution is 6.30. The van der Waals surface area contributed by atoms with Gasteiger partial charge < -0.3 is 10.6 Å². The lowest BCUT2D eigenvalue weighted by atomic mass is 10.0. The van der Waals surface area contributed by atoms with E-state index in [2.05, 4.69) is 43.0 Å². The standard InChI is InChI=1S/C18H23ClN2/c1-3-21(17-9-4-6-14(2)12-17)11-10-18(20)15-7-5-8-16(19)13-15/h4-9,12-13,18H,3,10-11,20H2,1-2H3. The molecule has 0 aromatic heterocycles. The molecule has 2 N–H and O–H groups in total. The summed E-state index contributed by atoms with van der Waals surface area (Å²) in [5.74, 6) is 0. The molecule has 1 unspecified atom stereocenters. The van der Waals surface area contributed by atoms with Gasteiger partial charge in [-0.15, -0.1) is 0 Å². The third kappa shape index (κ3) is 4.48. The van der Waals surface area contributed by atoms with Gasteiger partial charge in [0.1, 0.15) is 0 Å². The molecule has 112 valence electrons. The molecule has 2 nitrogen and oxygen atoms in total. The molecule has 21 heavy (non-hydrogen) atoms. The summed E-state index contributed by atoms with van der Waals surface area (Å²) in [6.07, 6.45) is 0.905. The summed E-state index contributed by atoms with van der Waals surface area (Å²) >= 11 is 6.03. The van der Waals surface area contributed by atoms with Crippen LogP contribution in [0.1, 0.15) is 30.5 Å². The van der Waals surface area contributed by atoms with E-state index in [0.29, 0.717) is 0 Å². The summed E-state index contributed by atoms with van der Waals surface area (Å²) in [5, 5.41) is 0.744. The first kappa shape index (κ1) is 15.9. The van der Waals surface area contributed by atoms with Crippen LogP contribution in [0.3, 0.4) is 0 Å². The third-order valence-electron chi connectivity index (χ3n) is 3.74. The van der Waals surface area contributed by atoms with Gasteiger partial charge in [0.25, 0.3) is 0 Å². The highest BCUT2D eigenvalue weighted by Crippen LogP contribution is 2.21. The first-order chi connectivity index (χ1) is 10.1. The summed E-state index contributed by atoms with van der Waals surface area (Å²) in [6.45, 7) is 6.21. The molecule has 3 heteroatoms. The normalized spacial score (nSPS) is 12.2. The zero-order valence-electron chi connectivity index (χ0n) is 12.7. The number of nitrogens with two attached hydrogens (primary N) is 1. The van der Waals surface area contributed by atoms with Crippen molar-refractivity contribution in [3.05, 3.63) is 64.7 Å². The number of rotatable bonds is 6. The summed E-state index contributed by atoms with van der Waals surface area (Å²) in [4.78, 5) is 2.36. The Morgan fingerprint density at radius 3 is 2.57 bits per heavy atom. The van der Waals surface area contributed by atoms with E-state index in [9.17, 15) is 0 Å². The van der Waals surface area contributed by atoms with Gasteiger partial charge in [-0.2, -0.15) is 0 Å². The minimum Gasteiger partial charge on any atom is -0.372 e. The van der Waals surface area contributed by atoms with E-state index in [1.165, 1.54) is 11.3 Å². The average molecular weight is 303 g/mol. The monoisotopic (exact) mass is 302 g/mol. The molecule has 0 saturated heterocycles. The maximum Gasteiger partial charge on any atom is 0.0409 e. The van der Waals surface area contributed by atoms with E-state index >= 15 is 0 Å². The van der Waals surface area contributed by atoms with Gasteiger partial charge in [0.05, 0.1) is 0 Å². The molecule has 0 spiro atoms. The van der Waals surface area contributed by atoms with E-state index in [-0.39, 0.29) is 6.04 Å². The summed E-state index contributed by atoms with van der Waals surface area (Å²) in [6, 6.07) is 16.4. The van der Waals surface area contributed by atoms with Gasteiger partial charge >= 0.3 is 0 Å². The highest BCUT2D eigenvalue weighted by atomic mass is 35.5. The molecular weight excluding hydrogens is 280 g/mol. The fourth-order valence-corrected chi connectivity index (χ4v) is 2.69. The van der Waals surface area contributed by atoms with Crippen LogP contribution >= 0.6 is 11.6 Å². The Kier molecular flexibility index (Phi) is 5.66. The zero-order chi connectivity index (χ0) is 15.2. The molecular formula is C18H23ClN2. The van der Waals surface area contributed by atoms with Crippen LogP contribution < -0.4 is 10.6 Å². The summed E-state index contributed by atoms with van der Waals surface area (Å²) in [7, 11) is 0. The second kappa shape index (κ2) is 7.48. The van der Waals surface area contributed by atoms with Crippen LogP contribution in [0.2, 0.25) is 5.02 Å². The van der Waals surface area contributed by atoms with E-state index < -0.39 is 0 Å². The smallest absolute Gasteiger partial charge is 0.0409 e. The molecule has 0 radical (unpaired) electrons. The fraction of sp³-hybridized carbons (Fsp3) is 0.333. The van der Waals surface area contributed by atoms with E-state index in [0.717, 1.165) is 30.1 Å². The number of benzene rings is 2. The fourth-order valence-electron chi connectivity index (χ4n) is 2.49. The van der Waals surface area contributed by atoms with Crippen molar-refractivity contribution < 1.29 is 0 Å². The molecule has 0 aliphatic rings. The van der Waals surface area contributed by atoms with Crippen molar-refractivity contribution in [1.29, 1.82) is 0 Å². The first-order valence-electron chi connectivity index (χ1n) is 7.43. The van der Waals surface area contributed by atoms with Crippen molar-refractivity contribution in [2.75, 3.05) is 18.0 Å². The molecule has 2 aromatic rings. The molecule has 2 aromatic carbocycles. The summed E-state index contributed by atoms with van der Waals surface area (Å²) < 4.78 is 0. The van der Waals surface area contributed by atoms with Gasteiger partial charge in [-0.1, -0.05) is 35.9 Å². The van der Waals surface area contributed by atoms with Gasteiger partial charge in [0, 0.05) is 29.8 Å². The molecule has 0 aliphatic heterocycles. The van der Waals surface area contributed by atoms with Crippen LogP contribution in [-0.4, -0.2) is 13.1 Å². The second-order valence-corrected chi connectivity index (χ2v) is 5.81. The van der Waals surface area contributed by atoms with Crippen LogP contribution in [0.4, 0.5) is 5.69 Å². The number of anilines is 1. The van der Waals surface area contributed by atoms with Crippen LogP contribution in [-0.2, 0) is 0 Å². The van der Waals surface area contributed by atoms with Crippen molar-refractivity contribution in [3.63, 3.8) is 0 Å². The molecule has 0 saturated carbocycles. The number of hydrogen-bond donors (Lipinski definition) is 1. The topological polar surface area (TPSA) is 29.3 Å². The first-order valence-corrected chi connectivity index (χ1v) is 7.80. The molecule has 0 fully saturated rings. The molecule has 0 amide bonds. The number of nitrogens with zero attached hydrogens (tertiary/aromatic N) is 1. The zero-order valence-corrected chi connectivity index (χ0v) is 13.5. The summed E-state index contributed by atoms with van der Waals surface area (Å²) in [5.41, 5.74) is 9.93. The Morgan fingerprint density at radius 1 is 1.14 bits per heavy atom. The van der Waals surface area contributed by atoms with Gasteiger partial charge in [0.15, 0.2) is 0 Å². The van der Waals surface area contributed by atoms with E-state index in [1.54, 1.807) is 0 Å². The Morgan fingerprint density at radius 2 is 1.90 bits per heavy atom. The van der Waals surface area contributed by atoms with E-state index in [1.807, 2.05) is 24.3 Å². The highest BCUT2D eigenvalue weighted by Gasteiger charge is 2.10. The van der Waals surface area contributed by atoms with Gasteiger partial charge in [-0.3, -0.25) is 0 Å². The maximum absolute atomic E-state index is 6.29. The molecule has 0 bridgehead atoms. The number of halogens is 1. The Bertz CT molecular complexity index is 583. The van der Waals surface area contributed by atoms with Crippen molar-refractivity contribution in [1.82, 2.24) is 0 Å². The minimum atomic E-state index is 0.0163. The average Bonchev–Trinajstić information content (AvgIpc) is 2.48. The SMILES string of the molecule is CCN(CCC(N)c1cccc(Cl)c1)c1cccc(C)c1. The largest absolute Gasteiger partial charge is 0.372 e. The Labute approximate surface area is 132 Å². The quantitative estimate of drug-likeness (QED) is 0.847. The Balaban J connectivity index is 2.00. The van der Waals surface area contributed by atoms with Crippen molar-refractivity contribution in [3.8, 4) is 0 Å². The lowest BCUT2D eigenvalue weighted by molar-refractivity contribution is 0.632. The van der Waals surface area contributed by atoms with Crippen molar-refractivity contribution in [2.24, 2.45) is 5.73 Å². The van der Waals surface area contributed by atoms with Gasteiger partial charge in [-0.05, 0) is 55.7 Å². The molecule has 0 aliphatic carbocycles. The Hall–Kier alpha value is -1.51. The lowest BCUT2D eigenvalue weighted by Crippen LogP contribution is -2.27. The van der Waals surface area contributed by atoms with Crippen LogP contribution in [0.15, 0.2) is 48.5 Å². The van der Waals surface area contributed by atoms with Crippen LogP contribution in [0.25, 0.3) is 0 Å². The third-order valence-corrected chi connectivity index (χ3v) is 3.97. The number of hydrogen-bond acceptors (Lipinski definition) is 2.